The number of hydrogen-bond acceptors (Lipinski definition) is 4. The lowest BCUT2D eigenvalue weighted by Gasteiger charge is -2.46. The summed E-state index contributed by atoms with van der Waals surface area (Å²) in [6, 6.07) is 0.233. The van der Waals surface area contributed by atoms with Gasteiger partial charge in [0.25, 0.3) is 0 Å². The smallest absolute Gasteiger partial charge is 0.410 e. The predicted molar refractivity (Wildman–Crippen MR) is 128 cm³/mol. The molecule has 0 saturated carbocycles. The zero-order valence-corrected chi connectivity index (χ0v) is 20.9. The van der Waals surface area contributed by atoms with Crippen LogP contribution in [0.5, 0.6) is 0 Å². The van der Waals surface area contributed by atoms with Crippen molar-refractivity contribution in [3.05, 3.63) is 35.7 Å². The highest BCUT2D eigenvalue weighted by Gasteiger charge is 2.35. The number of nitrogens with zero attached hydrogens (tertiary/aromatic N) is 3. The van der Waals surface area contributed by atoms with Crippen molar-refractivity contribution in [1.29, 1.82) is 0 Å². The third-order valence-corrected chi connectivity index (χ3v) is 5.80. The Kier molecular flexibility index (Phi) is 9.38. The third-order valence-electron chi connectivity index (χ3n) is 5.80. The Morgan fingerprint density at radius 1 is 1.20 bits per heavy atom. The van der Waals surface area contributed by atoms with Crippen LogP contribution < -0.4 is 0 Å². The second-order valence-corrected chi connectivity index (χ2v) is 9.39. The van der Waals surface area contributed by atoms with Crippen molar-refractivity contribution in [3.8, 4) is 0 Å². The van der Waals surface area contributed by atoms with Gasteiger partial charge in [0, 0.05) is 48.4 Å². The van der Waals surface area contributed by atoms with E-state index in [4.69, 9.17) is 4.74 Å². The Hall–Kier alpha value is -2.04. The van der Waals surface area contributed by atoms with Gasteiger partial charge in [0.1, 0.15) is 5.60 Å². The van der Waals surface area contributed by atoms with Crippen molar-refractivity contribution in [2.75, 3.05) is 13.1 Å². The standard InChI is InChI=1S/C25H43N3O2/c1-12-17(4)22(13-2)23(20(7)26-14-3)21(8)27-15-19(6)28(16-18(27)5)24(29)30-25(9,10)11/h13-14,17-19H,3,12,15-16H2,1-2,4-11H3/b22-13-,23-21-,26-20?/t17?,18-,19?/m0/s1. The van der Waals surface area contributed by atoms with Gasteiger partial charge in [-0.1, -0.05) is 26.5 Å². The zero-order valence-electron chi connectivity index (χ0n) is 20.9. The number of hydrogen-bond donors (Lipinski definition) is 0. The SMILES string of the molecule is C=CN=C(C)C(/C(=C\C)C(C)CC)=C(\C)N1CC(C)N(C(=O)OC(C)(C)C)C[C@@H]1C. The molecule has 0 aromatic rings. The fraction of sp³-hybridized carbons (Fsp3) is 0.680. The first-order valence-electron chi connectivity index (χ1n) is 11.2. The van der Waals surface area contributed by atoms with Crippen LogP contribution >= 0.6 is 0 Å². The molecule has 0 N–H and O–H groups in total. The molecule has 1 fully saturated rings. The quantitative estimate of drug-likeness (QED) is 0.382. The summed E-state index contributed by atoms with van der Waals surface area (Å²) >= 11 is 0. The van der Waals surface area contributed by atoms with E-state index in [1.165, 1.54) is 16.8 Å². The van der Waals surface area contributed by atoms with E-state index in [2.05, 4.69) is 71.0 Å². The summed E-state index contributed by atoms with van der Waals surface area (Å²) in [5.41, 5.74) is 4.19. The van der Waals surface area contributed by atoms with Gasteiger partial charge >= 0.3 is 6.09 Å². The monoisotopic (exact) mass is 417 g/mol. The van der Waals surface area contributed by atoms with Gasteiger partial charge in [0.05, 0.1) is 0 Å². The molecule has 1 heterocycles. The van der Waals surface area contributed by atoms with Crippen molar-refractivity contribution in [2.45, 2.75) is 93.3 Å². The Balaban J connectivity index is 3.32. The number of piperazine rings is 1. The van der Waals surface area contributed by atoms with E-state index in [0.29, 0.717) is 12.5 Å². The minimum atomic E-state index is -0.491. The average Bonchev–Trinajstić information content (AvgIpc) is 2.64. The molecule has 0 aliphatic carbocycles. The summed E-state index contributed by atoms with van der Waals surface area (Å²) in [6.45, 7) is 26.0. The van der Waals surface area contributed by atoms with Crippen molar-refractivity contribution in [1.82, 2.24) is 9.80 Å². The van der Waals surface area contributed by atoms with Crippen LogP contribution in [-0.4, -0.2) is 52.4 Å². The first-order valence-corrected chi connectivity index (χ1v) is 11.2. The van der Waals surface area contributed by atoms with Gasteiger partial charge in [-0.3, -0.25) is 4.99 Å². The van der Waals surface area contributed by atoms with Crippen LogP contribution in [0.15, 0.2) is 40.7 Å². The Morgan fingerprint density at radius 3 is 2.20 bits per heavy atom. The van der Waals surface area contributed by atoms with Crippen LogP contribution in [0, 0.1) is 5.92 Å². The van der Waals surface area contributed by atoms with Crippen molar-refractivity contribution < 1.29 is 9.53 Å². The largest absolute Gasteiger partial charge is 0.444 e. The second-order valence-electron chi connectivity index (χ2n) is 9.39. The summed E-state index contributed by atoms with van der Waals surface area (Å²) in [5, 5.41) is 0. The van der Waals surface area contributed by atoms with Gasteiger partial charge < -0.3 is 14.5 Å². The molecule has 1 rings (SSSR count). The molecule has 1 aliphatic rings. The second kappa shape index (κ2) is 10.8. The van der Waals surface area contributed by atoms with Gasteiger partial charge in [0.2, 0.25) is 0 Å². The molecule has 30 heavy (non-hydrogen) atoms. The van der Waals surface area contributed by atoms with E-state index in [9.17, 15) is 4.79 Å². The highest BCUT2D eigenvalue weighted by molar-refractivity contribution is 6.03. The van der Waals surface area contributed by atoms with E-state index in [0.717, 1.165) is 18.7 Å². The topological polar surface area (TPSA) is 45.1 Å². The lowest BCUT2D eigenvalue weighted by atomic mass is 9.87. The maximum Gasteiger partial charge on any atom is 0.410 e. The molecule has 1 saturated heterocycles. The van der Waals surface area contributed by atoms with Crippen molar-refractivity contribution in [3.63, 3.8) is 0 Å². The van der Waals surface area contributed by atoms with Crippen LogP contribution in [0.3, 0.4) is 0 Å². The Labute approximate surface area is 184 Å². The Bertz CT molecular complexity index is 712. The van der Waals surface area contributed by atoms with Crippen LogP contribution in [0.25, 0.3) is 0 Å². The third kappa shape index (κ3) is 6.48. The molecule has 0 aromatic carbocycles. The summed E-state index contributed by atoms with van der Waals surface area (Å²) in [6.07, 6.45) is 4.65. The average molecular weight is 418 g/mol. The lowest BCUT2D eigenvalue weighted by molar-refractivity contribution is -0.00419. The molecular weight excluding hydrogens is 374 g/mol. The van der Waals surface area contributed by atoms with Crippen LogP contribution in [0.2, 0.25) is 0 Å². The fourth-order valence-electron chi connectivity index (χ4n) is 4.09. The molecule has 1 amide bonds. The van der Waals surface area contributed by atoms with Gasteiger partial charge in [-0.15, -0.1) is 0 Å². The van der Waals surface area contributed by atoms with Crippen LogP contribution in [0.1, 0.15) is 75.7 Å². The molecule has 0 bridgehead atoms. The van der Waals surface area contributed by atoms with E-state index >= 15 is 0 Å². The normalized spacial score (nSPS) is 23.1. The maximum absolute atomic E-state index is 12.7. The molecule has 3 atom stereocenters. The number of carbonyl (C=O) groups is 1. The highest BCUT2D eigenvalue weighted by atomic mass is 16.6. The lowest BCUT2D eigenvalue weighted by Crippen LogP contribution is -2.58. The molecule has 5 heteroatoms. The van der Waals surface area contributed by atoms with Gasteiger partial charge in [0.15, 0.2) is 0 Å². The molecule has 0 radical (unpaired) electrons. The summed E-state index contributed by atoms with van der Waals surface area (Å²) in [7, 11) is 0. The number of amides is 1. The minimum Gasteiger partial charge on any atom is -0.444 e. The molecule has 0 spiro atoms. The van der Waals surface area contributed by atoms with Gasteiger partial charge in [-0.05, 0) is 73.3 Å². The molecule has 1 aliphatic heterocycles. The van der Waals surface area contributed by atoms with Gasteiger partial charge in [-0.2, -0.15) is 0 Å². The van der Waals surface area contributed by atoms with Crippen molar-refractivity contribution >= 4 is 11.8 Å². The number of rotatable bonds is 6. The number of ether oxygens (including phenoxy) is 1. The zero-order chi connectivity index (χ0) is 23.2. The number of allylic oxidation sites excluding steroid dienone is 4. The summed E-state index contributed by atoms with van der Waals surface area (Å²) in [4.78, 5) is 21.5. The molecule has 0 aromatic heterocycles. The van der Waals surface area contributed by atoms with E-state index in [1.807, 2.05) is 25.7 Å². The van der Waals surface area contributed by atoms with Gasteiger partial charge in [-0.25, -0.2) is 4.79 Å². The molecule has 2 unspecified atom stereocenters. The van der Waals surface area contributed by atoms with Crippen molar-refractivity contribution in [2.24, 2.45) is 10.9 Å². The first kappa shape index (κ1) is 26.0. The number of carbonyl (C=O) groups excluding carboxylic acids is 1. The fourth-order valence-corrected chi connectivity index (χ4v) is 4.09. The molecule has 5 nitrogen and oxygen atoms in total. The predicted octanol–water partition coefficient (Wildman–Crippen LogP) is 6.19. The Morgan fingerprint density at radius 2 is 1.73 bits per heavy atom. The van der Waals surface area contributed by atoms with E-state index in [-0.39, 0.29) is 18.2 Å². The highest BCUT2D eigenvalue weighted by Crippen LogP contribution is 2.31. The summed E-state index contributed by atoms with van der Waals surface area (Å²) < 4.78 is 5.63. The first-order chi connectivity index (χ1) is 13.9. The van der Waals surface area contributed by atoms with Crippen LogP contribution in [0.4, 0.5) is 4.79 Å². The van der Waals surface area contributed by atoms with Crippen LogP contribution in [-0.2, 0) is 4.74 Å². The maximum atomic E-state index is 12.7. The van der Waals surface area contributed by atoms with E-state index < -0.39 is 5.60 Å². The minimum absolute atomic E-state index is 0.0570. The number of aliphatic imine (C=N–C) groups is 1. The van der Waals surface area contributed by atoms with E-state index in [1.54, 1.807) is 6.20 Å². The summed E-state index contributed by atoms with van der Waals surface area (Å²) in [5.74, 6) is 0.436. The molecular formula is C25H43N3O2. The molecule has 170 valence electrons.